The molecule has 10 heteroatoms. The minimum absolute atomic E-state index is 0.0126. The van der Waals surface area contributed by atoms with Gasteiger partial charge in [0, 0.05) is 37.3 Å². The maximum absolute atomic E-state index is 13.2. The molecule has 3 aromatic heterocycles. The predicted molar refractivity (Wildman–Crippen MR) is 130 cm³/mol. The van der Waals surface area contributed by atoms with Crippen molar-refractivity contribution in [3.63, 3.8) is 0 Å². The fourth-order valence-corrected chi connectivity index (χ4v) is 4.14. The first-order valence-corrected chi connectivity index (χ1v) is 11.6. The van der Waals surface area contributed by atoms with Crippen LogP contribution in [0, 0.1) is 6.92 Å². The molecule has 0 bridgehead atoms. The van der Waals surface area contributed by atoms with E-state index in [0.717, 1.165) is 16.8 Å². The Morgan fingerprint density at radius 1 is 1.06 bits per heavy atom. The molecule has 0 aliphatic carbocycles. The molecule has 0 radical (unpaired) electrons. The number of oxazole rings is 1. The number of benzene rings is 1. The van der Waals surface area contributed by atoms with Crippen molar-refractivity contribution in [1.29, 1.82) is 0 Å². The van der Waals surface area contributed by atoms with Gasteiger partial charge in [-0.15, -0.1) is 5.10 Å². The highest BCUT2D eigenvalue weighted by atomic mass is 35.5. The van der Waals surface area contributed by atoms with E-state index < -0.39 is 0 Å². The third-order valence-electron chi connectivity index (χ3n) is 5.98. The Bertz CT molecular complexity index is 1360. The molecule has 0 unspecified atom stereocenters. The van der Waals surface area contributed by atoms with E-state index in [4.69, 9.17) is 16.0 Å². The van der Waals surface area contributed by atoms with Crippen molar-refractivity contribution in [2.24, 2.45) is 0 Å². The average Bonchev–Trinajstić information content (AvgIpc) is 3.46. The van der Waals surface area contributed by atoms with Gasteiger partial charge >= 0.3 is 0 Å². The third-order valence-corrected chi connectivity index (χ3v) is 6.19. The number of halogens is 1. The molecule has 176 valence electrons. The minimum atomic E-state index is -0.140. The molecular weight excluding hydrogens is 454 g/mol. The van der Waals surface area contributed by atoms with Crippen LogP contribution in [0.4, 0.5) is 6.01 Å². The van der Waals surface area contributed by atoms with Gasteiger partial charge in [0.2, 0.25) is 5.65 Å². The number of aryl methyl sites for hydroxylation is 1. The first-order valence-electron chi connectivity index (χ1n) is 11.2. The smallest absolute Gasteiger partial charge is 0.300 e. The summed E-state index contributed by atoms with van der Waals surface area (Å²) in [5.74, 6) is 0.0126. The quantitative estimate of drug-likeness (QED) is 0.407. The van der Waals surface area contributed by atoms with Gasteiger partial charge in [0.15, 0.2) is 5.58 Å². The number of carbonyl (C=O) groups is 1. The van der Waals surface area contributed by atoms with Crippen LogP contribution in [-0.4, -0.2) is 61.9 Å². The molecule has 0 atom stereocenters. The van der Waals surface area contributed by atoms with Crippen LogP contribution >= 0.6 is 11.6 Å². The van der Waals surface area contributed by atoms with E-state index in [-0.39, 0.29) is 11.4 Å². The van der Waals surface area contributed by atoms with Crippen molar-refractivity contribution in [3.8, 4) is 11.3 Å². The van der Waals surface area contributed by atoms with Crippen molar-refractivity contribution in [2.45, 2.75) is 33.2 Å². The zero-order chi connectivity index (χ0) is 24.0. The molecule has 0 saturated carbocycles. The summed E-state index contributed by atoms with van der Waals surface area (Å²) in [4.78, 5) is 25.7. The molecule has 1 fully saturated rings. The number of carbonyl (C=O) groups excluding carboxylic acids is 1. The second kappa shape index (κ2) is 8.39. The van der Waals surface area contributed by atoms with Gasteiger partial charge in [-0.1, -0.05) is 22.9 Å². The summed E-state index contributed by atoms with van der Waals surface area (Å²) in [6, 6.07) is 9.68. The number of pyridine rings is 1. The number of piperazine rings is 1. The number of aromatic nitrogens is 5. The van der Waals surface area contributed by atoms with Crippen LogP contribution in [0.25, 0.3) is 22.5 Å². The zero-order valence-corrected chi connectivity index (χ0v) is 20.4. The second-order valence-electron chi connectivity index (χ2n) is 9.48. The fourth-order valence-electron chi connectivity index (χ4n) is 4.00. The van der Waals surface area contributed by atoms with Crippen molar-refractivity contribution in [1.82, 2.24) is 29.9 Å². The van der Waals surface area contributed by atoms with Crippen molar-refractivity contribution in [2.75, 3.05) is 31.1 Å². The summed E-state index contributed by atoms with van der Waals surface area (Å²) in [6.07, 6.45) is 1.94. The van der Waals surface area contributed by atoms with Crippen LogP contribution in [0.5, 0.6) is 0 Å². The van der Waals surface area contributed by atoms with Crippen molar-refractivity contribution >= 4 is 34.8 Å². The van der Waals surface area contributed by atoms with Crippen LogP contribution in [0.2, 0.25) is 5.15 Å². The van der Waals surface area contributed by atoms with Gasteiger partial charge in [-0.05, 0) is 57.5 Å². The van der Waals surface area contributed by atoms with E-state index in [2.05, 4.69) is 41.1 Å². The number of nitrogens with zero attached hydrogens (tertiary/aromatic N) is 7. The molecule has 34 heavy (non-hydrogen) atoms. The van der Waals surface area contributed by atoms with Crippen LogP contribution in [0.15, 0.2) is 40.9 Å². The lowest BCUT2D eigenvalue weighted by Crippen LogP contribution is -2.48. The fraction of sp³-hybridized carbons (Fsp3) is 0.375. The van der Waals surface area contributed by atoms with Gasteiger partial charge in [0.05, 0.1) is 11.7 Å². The number of amides is 1. The second-order valence-corrected chi connectivity index (χ2v) is 9.87. The lowest BCUT2D eigenvalue weighted by atomic mass is 10.0. The Labute approximate surface area is 202 Å². The molecule has 5 rings (SSSR count). The number of hydrogen-bond acceptors (Lipinski definition) is 7. The number of anilines is 1. The maximum atomic E-state index is 13.2. The largest absolute Gasteiger partial charge is 0.422 e. The normalized spacial score (nSPS) is 14.7. The SMILES string of the molecule is Cc1cc(C(=O)N2CCN(c3nc4nc(Cl)ccc4o3)CC2)ccc1-c1cn(C(C)(C)C)nn1. The standard InChI is InChI=1S/C24H26ClN7O2/c1-15-13-16(5-6-17(15)18-14-32(29-28-18)24(2,3)4)22(33)30-9-11-31(12-10-30)23-27-21-19(34-23)7-8-20(25)26-21/h5-8,13-14H,9-12H2,1-4H3. The Balaban J connectivity index is 1.27. The van der Waals surface area contributed by atoms with Crippen molar-refractivity contribution in [3.05, 3.63) is 52.8 Å². The highest BCUT2D eigenvalue weighted by Gasteiger charge is 2.26. The molecule has 9 nitrogen and oxygen atoms in total. The Kier molecular flexibility index (Phi) is 5.51. The molecular formula is C24H26ClN7O2. The molecule has 0 spiro atoms. The van der Waals surface area contributed by atoms with E-state index in [9.17, 15) is 4.79 Å². The van der Waals surface area contributed by atoms with Gasteiger partial charge < -0.3 is 14.2 Å². The Morgan fingerprint density at radius 2 is 1.82 bits per heavy atom. The molecule has 1 saturated heterocycles. The predicted octanol–water partition coefficient (Wildman–Crippen LogP) is 4.16. The summed E-state index contributed by atoms with van der Waals surface area (Å²) < 4.78 is 7.66. The van der Waals surface area contributed by atoms with Gasteiger partial charge in [-0.3, -0.25) is 4.79 Å². The Morgan fingerprint density at radius 3 is 2.50 bits per heavy atom. The van der Waals surface area contributed by atoms with E-state index in [1.807, 2.05) is 45.8 Å². The molecule has 1 aromatic carbocycles. The monoisotopic (exact) mass is 479 g/mol. The number of rotatable bonds is 3. The average molecular weight is 480 g/mol. The topological polar surface area (TPSA) is 93.2 Å². The number of hydrogen-bond donors (Lipinski definition) is 0. The lowest BCUT2D eigenvalue weighted by Gasteiger charge is -2.33. The van der Waals surface area contributed by atoms with Crippen LogP contribution in [0.1, 0.15) is 36.7 Å². The first kappa shape index (κ1) is 22.3. The van der Waals surface area contributed by atoms with Gasteiger partial charge in [0.25, 0.3) is 11.9 Å². The van der Waals surface area contributed by atoms with E-state index in [0.29, 0.717) is 54.1 Å². The van der Waals surface area contributed by atoms with Gasteiger partial charge in [0.1, 0.15) is 10.8 Å². The van der Waals surface area contributed by atoms with Crippen LogP contribution in [-0.2, 0) is 5.54 Å². The van der Waals surface area contributed by atoms with E-state index in [1.54, 1.807) is 12.1 Å². The molecule has 0 N–H and O–H groups in total. The summed E-state index contributed by atoms with van der Waals surface area (Å²) in [5, 5.41) is 8.95. The summed E-state index contributed by atoms with van der Waals surface area (Å²) in [5.41, 5.74) is 4.37. The summed E-state index contributed by atoms with van der Waals surface area (Å²) in [6.45, 7) is 10.6. The molecule has 4 heterocycles. The van der Waals surface area contributed by atoms with E-state index >= 15 is 0 Å². The molecule has 1 aliphatic heterocycles. The van der Waals surface area contributed by atoms with Crippen molar-refractivity contribution < 1.29 is 9.21 Å². The lowest BCUT2D eigenvalue weighted by molar-refractivity contribution is 0.0745. The number of fused-ring (bicyclic) bond motifs is 1. The molecule has 1 amide bonds. The minimum Gasteiger partial charge on any atom is -0.422 e. The first-order chi connectivity index (χ1) is 16.2. The van der Waals surface area contributed by atoms with Gasteiger partial charge in [-0.2, -0.15) is 4.98 Å². The zero-order valence-electron chi connectivity index (χ0n) is 19.6. The van der Waals surface area contributed by atoms with Crippen LogP contribution in [0.3, 0.4) is 0 Å². The summed E-state index contributed by atoms with van der Waals surface area (Å²) in [7, 11) is 0. The Hall–Kier alpha value is -3.46. The maximum Gasteiger partial charge on any atom is 0.300 e. The third kappa shape index (κ3) is 4.23. The summed E-state index contributed by atoms with van der Waals surface area (Å²) >= 11 is 5.94. The highest BCUT2D eigenvalue weighted by Crippen LogP contribution is 2.26. The highest BCUT2D eigenvalue weighted by molar-refractivity contribution is 6.29. The van der Waals surface area contributed by atoms with Gasteiger partial charge in [-0.25, -0.2) is 9.67 Å². The van der Waals surface area contributed by atoms with Crippen LogP contribution < -0.4 is 4.90 Å². The molecule has 4 aromatic rings. The molecule has 1 aliphatic rings. The van der Waals surface area contributed by atoms with E-state index in [1.165, 1.54) is 0 Å².